The number of carbonyl (C=O) groups is 1. The highest BCUT2D eigenvalue weighted by Crippen LogP contribution is 2.01. The smallest absolute Gasteiger partial charge is 0.271 e. The maximum absolute atomic E-state index is 11.7. The highest BCUT2D eigenvalue weighted by atomic mass is 16.1. The summed E-state index contributed by atoms with van der Waals surface area (Å²) in [6.45, 7) is 2.86. The van der Waals surface area contributed by atoms with Crippen molar-refractivity contribution in [1.82, 2.24) is 15.3 Å². The summed E-state index contributed by atoms with van der Waals surface area (Å²) in [7, 11) is 1.75. The monoisotopic (exact) mass is 236 g/mol. The standard InChI is InChI=1S/C12H20N4O/c1-3-4-5-6-7-15-12(17)10-8-14-9-11(13-2)16-10/h8-9H,3-7H2,1-2H3,(H,13,16)(H,15,17). The van der Waals surface area contributed by atoms with Crippen LogP contribution in [0.15, 0.2) is 12.4 Å². The molecule has 5 nitrogen and oxygen atoms in total. The van der Waals surface area contributed by atoms with Gasteiger partial charge in [0.15, 0.2) is 0 Å². The molecule has 5 heteroatoms. The van der Waals surface area contributed by atoms with Crippen molar-refractivity contribution < 1.29 is 4.79 Å². The number of hydrogen-bond acceptors (Lipinski definition) is 4. The van der Waals surface area contributed by atoms with Gasteiger partial charge in [-0.2, -0.15) is 0 Å². The minimum absolute atomic E-state index is 0.161. The molecule has 0 spiro atoms. The van der Waals surface area contributed by atoms with Crippen molar-refractivity contribution in [2.24, 2.45) is 0 Å². The molecule has 1 heterocycles. The Balaban J connectivity index is 2.36. The summed E-state index contributed by atoms with van der Waals surface area (Å²) in [5.74, 6) is 0.440. The predicted octanol–water partition coefficient (Wildman–Crippen LogP) is 1.83. The molecule has 1 aromatic heterocycles. The van der Waals surface area contributed by atoms with Gasteiger partial charge in [-0.15, -0.1) is 0 Å². The average molecular weight is 236 g/mol. The molecule has 0 fully saturated rings. The van der Waals surface area contributed by atoms with E-state index in [4.69, 9.17) is 0 Å². The zero-order valence-corrected chi connectivity index (χ0v) is 10.5. The fourth-order valence-electron chi connectivity index (χ4n) is 1.44. The van der Waals surface area contributed by atoms with E-state index in [0.717, 1.165) is 12.8 Å². The molecule has 1 amide bonds. The molecule has 0 atom stereocenters. The van der Waals surface area contributed by atoms with Crippen LogP contribution in [0.5, 0.6) is 0 Å². The van der Waals surface area contributed by atoms with Gasteiger partial charge >= 0.3 is 0 Å². The molecular weight excluding hydrogens is 216 g/mol. The first-order valence-corrected chi connectivity index (χ1v) is 6.06. The lowest BCUT2D eigenvalue weighted by Gasteiger charge is -2.05. The summed E-state index contributed by atoms with van der Waals surface area (Å²) in [6, 6.07) is 0. The van der Waals surface area contributed by atoms with Gasteiger partial charge in [-0.25, -0.2) is 4.98 Å². The van der Waals surface area contributed by atoms with Gasteiger partial charge in [-0.05, 0) is 6.42 Å². The third kappa shape index (κ3) is 4.80. The number of unbranched alkanes of at least 4 members (excludes halogenated alkanes) is 3. The van der Waals surface area contributed by atoms with Crippen molar-refractivity contribution in [2.45, 2.75) is 32.6 Å². The van der Waals surface area contributed by atoms with Crippen LogP contribution < -0.4 is 10.6 Å². The number of nitrogens with one attached hydrogen (secondary N) is 2. The molecule has 0 unspecified atom stereocenters. The van der Waals surface area contributed by atoms with Gasteiger partial charge < -0.3 is 10.6 Å². The number of amides is 1. The van der Waals surface area contributed by atoms with Crippen LogP contribution in [0.1, 0.15) is 43.1 Å². The van der Waals surface area contributed by atoms with E-state index in [2.05, 4.69) is 27.5 Å². The lowest BCUT2D eigenvalue weighted by atomic mass is 10.2. The summed E-state index contributed by atoms with van der Waals surface area (Å²) in [5, 5.41) is 5.69. The maximum Gasteiger partial charge on any atom is 0.271 e. The largest absolute Gasteiger partial charge is 0.372 e. The molecule has 0 aliphatic heterocycles. The number of anilines is 1. The van der Waals surface area contributed by atoms with E-state index >= 15 is 0 Å². The Morgan fingerprint density at radius 1 is 1.29 bits per heavy atom. The molecule has 0 radical (unpaired) electrons. The topological polar surface area (TPSA) is 66.9 Å². The van der Waals surface area contributed by atoms with Crippen molar-refractivity contribution >= 4 is 11.7 Å². The Kier molecular flexibility index (Phi) is 5.99. The van der Waals surface area contributed by atoms with Crippen LogP contribution in [0, 0.1) is 0 Å². The summed E-state index contributed by atoms with van der Waals surface area (Å²) in [6.07, 6.45) is 7.63. The highest BCUT2D eigenvalue weighted by molar-refractivity contribution is 5.92. The van der Waals surface area contributed by atoms with E-state index in [1.54, 1.807) is 13.2 Å². The van der Waals surface area contributed by atoms with E-state index < -0.39 is 0 Å². The molecule has 0 aliphatic rings. The van der Waals surface area contributed by atoms with E-state index in [1.165, 1.54) is 19.0 Å². The lowest BCUT2D eigenvalue weighted by Crippen LogP contribution is -2.25. The van der Waals surface area contributed by atoms with Crippen LogP contribution in [-0.2, 0) is 0 Å². The van der Waals surface area contributed by atoms with Crippen LogP contribution >= 0.6 is 0 Å². The van der Waals surface area contributed by atoms with E-state index in [0.29, 0.717) is 18.1 Å². The van der Waals surface area contributed by atoms with E-state index in [1.807, 2.05) is 0 Å². The molecule has 17 heavy (non-hydrogen) atoms. The van der Waals surface area contributed by atoms with Crippen molar-refractivity contribution in [1.29, 1.82) is 0 Å². The second-order valence-corrected chi connectivity index (χ2v) is 3.86. The third-order valence-electron chi connectivity index (χ3n) is 2.44. The molecule has 0 aliphatic carbocycles. The first-order valence-electron chi connectivity index (χ1n) is 6.06. The van der Waals surface area contributed by atoms with Crippen molar-refractivity contribution in [3.63, 3.8) is 0 Å². The van der Waals surface area contributed by atoms with E-state index in [9.17, 15) is 4.79 Å². The maximum atomic E-state index is 11.7. The molecule has 1 rings (SSSR count). The summed E-state index contributed by atoms with van der Waals surface area (Å²) in [4.78, 5) is 19.8. The highest BCUT2D eigenvalue weighted by Gasteiger charge is 2.07. The van der Waals surface area contributed by atoms with E-state index in [-0.39, 0.29) is 5.91 Å². The minimum atomic E-state index is -0.161. The number of hydrogen-bond donors (Lipinski definition) is 2. The second-order valence-electron chi connectivity index (χ2n) is 3.86. The molecule has 0 bridgehead atoms. The Morgan fingerprint density at radius 2 is 2.12 bits per heavy atom. The molecule has 0 saturated carbocycles. The van der Waals surface area contributed by atoms with Gasteiger partial charge in [0.25, 0.3) is 5.91 Å². The normalized spacial score (nSPS) is 10.0. The number of rotatable bonds is 7. The second kappa shape index (κ2) is 7.60. The SMILES string of the molecule is CCCCCCNC(=O)c1cncc(NC)n1. The van der Waals surface area contributed by atoms with Crippen LogP contribution in [-0.4, -0.2) is 29.5 Å². The zero-order valence-electron chi connectivity index (χ0n) is 10.5. The van der Waals surface area contributed by atoms with Gasteiger partial charge in [0.05, 0.1) is 12.4 Å². The Bertz CT molecular complexity index is 354. The molecule has 94 valence electrons. The van der Waals surface area contributed by atoms with Gasteiger partial charge in [-0.3, -0.25) is 9.78 Å². The summed E-state index contributed by atoms with van der Waals surface area (Å²) >= 11 is 0. The Hall–Kier alpha value is -1.65. The molecule has 2 N–H and O–H groups in total. The fraction of sp³-hybridized carbons (Fsp3) is 0.583. The number of nitrogens with zero attached hydrogens (tertiary/aromatic N) is 2. The van der Waals surface area contributed by atoms with Crippen LogP contribution in [0.3, 0.4) is 0 Å². The Morgan fingerprint density at radius 3 is 2.82 bits per heavy atom. The van der Waals surface area contributed by atoms with Crippen molar-refractivity contribution in [2.75, 3.05) is 18.9 Å². The fourth-order valence-corrected chi connectivity index (χ4v) is 1.44. The van der Waals surface area contributed by atoms with Crippen LogP contribution in [0.25, 0.3) is 0 Å². The third-order valence-corrected chi connectivity index (χ3v) is 2.44. The zero-order chi connectivity index (χ0) is 12.5. The number of carbonyl (C=O) groups excluding carboxylic acids is 1. The molecule has 1 aromatic rings. The van der Waals surface area contributed by atoms with Crippen molar-refractivity contribution in [3.05, 3.63) is 18.1 Å². The molecule has 0 saturated heterocycles. The summed E-state index contributed by atoms with van der Waals surface area (Å²) < 4.78 is 0. The van der Waals surface area contributed by atoms with Gasteiger partial charge in [0.1, 0.15) is 11.5 Å². The lowest BCUT2D eigenvalue weighted by molar-refractivity contribution is 0.0947. The van der Waals surface area contributed by atoms with Gasteiger partial charge in [-0.1, -0.05) is 26.2 Å². The number of aromatic nitrogens is 2. The first kappa shape index (κ1) is 13.4. The van der Waals surface area contributed by atoms with Crippen molar-refractivity contribution in [3.8, 4) is 0 Å². The quantitative estimate of drug-likeness (QED) is 0.709. The Labute approximate surface area is 102 Å². The van der Waals surface area contributed by atoms with Crippen LogP contribution in [0.4, 0.5) is 5.82 Å². The molecular formula is C12H20N4O. The van der Waals surface area contributed by atoms with Crippen LogP contribution in [0.2, 0.25) is 0 Å². The van der Waals surface area contributed by atoms with Gasteiger partial charge in [0.2, 0.25) is 0 Å². The first-order chi connectivity index (χ1) is 8.27. The average Bonchev–Trinajstić information content (AvgIpc) is 2.38. The predicted molar refractivity (Wildman–Crippen MR) is 68.1 cm³/mol. The summed E-state index contributed by atoms with van der Waals surface area (Å²) in [5.41, 5.74) is 0.354. The van der Waals surface area contributed by atoms with Gasteiger partial charge in [0, 0.05) is 13.6 Å². The minimum Gasteiger partial charge on any atom is -0.372 e. The molecule has 0 aromatic carbocycles.